The van der Waals surface area contributed by atoms with Crippen molar-refractivity contribution < 1.29 is 9.47 Å². The molecule has 0 saturated carbocycles. The topological polar surface area (TPSA) is 24.9 Å². The summed E-state index contributed by atoms with van der Waals surface area (Å²) < 4.78 is 10.3. The van der Waals surface area contributed by atoms with Crippen LogP contribution in [-0.2, 0) is 9.47 Å². The Balaban J connectivity index is 1.73. The minimum Gasteiger partial charge on any atom is -0.383 e. The second-order valence-electron chi connectivity index (χ2n) is 4.52. The van der Waals surface area contributed by atoms with Crippen LogP contribution in [0.2, 0.25) is 0 Å². The zero-order valence-electron chi connectivity index (χ0n) is 9.82. The lowest BCUT2D eigenvalue weighted by Gasteiger charge is -2.33. The van der Waals surface area contributed by atoms with E-state index in [2.05, 4.69) is 9.80 Å². The number of hydrogen-bond donors (Lipinski definition) is 0. The number of fused-ring (bicyclic) bond motifs is 2. The zero-order chi connectivity index (χ0) is 10.7. The first-order valence-electron chi connectivity index (χ1n) is 5.81. The Labute approximate surface area is 92.1 Å². The van der Waals surface area contributed by atoms with Gasteiger partial charge in [-0.2, -0.15) is 0 Å². The predicted octanol–water partition coefficient (Wildman–Crippen LogP) is 0.0377. The Morgan fingerprint density at radius 3 is 1.73 bits per heavy atom. The SMILES string of the molecule is COCCN1C[C@H]2C[C@@H]1CN2CCOC. The molecule has 2 heterocycles. The van der Waals surface area contributed by atoms with E-state index in [0.29, 0.717) is 0 Å². The lowest BCUT2D eigenvalue weighted by Crippen LogP contribution is -2.48. The molecular weight excluding hydrogens is 192 g/mol. The van der Waals surface area contributed by atoms with Crippen molar-refractivity contribution >= 4 is 0 Å². The highest BCUT2D eigenvalue weighted by Crippen LogP contribution is 2.29. The average molecular weight is 214 g/mol. The first-order valence-corrected chi connectivity index (χ1v) is 5.81. The summed E-state index contributed by atoms with van der Waals surface area (Å²) >= 11 is 0. The standard InChI is InChI=1S/C11H22N2O2/c1-14-5-3-12-8-11-7-10(12)9-13(11)4-6-15-2/h10-11H,3-9H2,1-2H3/t10-,11-/m1/s1. The molecule has 0 amide bonds. The molecule has 0 aromatic carbocycles. The third-order valence-electron chi connectivity index (χ3n) is 3.63. The highest BCUT2D eigenvalue weighted by atomic mass is 16.5. The lowest BCUT2D eigenvalue weighted by atomic mass is 10.2. The van der Waals surface area contributed by atoms with E-state index in [9.17, 15) is 0 Å². The van der Waals surface area contributed by atoms with E-state index in [1.807, 2.05) is 0 Å². The predicted molar refractivity (Wildman–Crippen MR) is 59.1 cm³/mol. The smallest absolute Gasteiger partial charge is 0.0589 e. The number of methoxy groups -OCH3 is 2. The summed E-state index contributed by atoms with van der Waals surface area (Å²) in [6.45, 7) is 6.35. The number of nitrogens with zero attached hydrogens (tertiary/aromatic N) is 2. The minimum absolute atomic E-state index is 0.766. The summed E-state index contributed by atoms with van der Waals surface area (Å²) in [5, 5.41) is 0. The first-order chi connectivity index (χ1) is 7.35. The third-order valence-corrected chi connectivity index (χ3v) is 3.63. The molecule has 0 unspecified atom stereocenters. The summed E-state index contributed by atoms with van der Waals surface area (Å²) in [7, 11) is 3.55. The zero-order valence-corrected chi connectivity index (χ0v) is 9.82. The van der Waals surface area contributed by atoms with Gasteiger partial charge in [-0.1, -0.05) is 0 Å². The fourth-order valence-electron chi connectivity index (χ4n) is 2.80. The molecule has 0 N–H and O–H groups in total. The summed E-state index contributed by atoms with van der Waals surface area (Å²) in [4.78, 5) is 5.13. The second-order valence-corrected chi connectivity index (χ2v) is 4.52. The normalized spacial score (nSPS) is 31.6. The summed E-state index contributed by atoms with van der Waals surface area (Å²) in [5.74, 6) is 0. The Morgan fingerprint density at radius 1 is 0.933 bits per heavy atom. The van der Waals surface area contributed by atoms with Gasteiger partial charge in [0.15, 0.2) is 0 Å². The van der Waals surface area contributed by atoms with Gasteiger partial charge in [0.05, 0.1) is 13.2 Å². The molecule has 2 fully saturated rings. The molecule has 0 aromatic rings. The molecule has 0 radical (unpaired) electrons. The van der Waals surface area contributed by atoms with Crippen LogP contribution in [0.25, 0.3) is 0 Å². The van der Waals surface area contributed by atoms with Crippen LogP contribution in [0.1, 0.15) is 6.42 Å². The van der Waals surface area contributed by atoms with Crippen molar-refractivity contribution in [2.45, 2.75) is 18.5 Å². The fourth-order valence-corrected chi connectivity index (χ4v) is 2.80. The molecule has 2 atom stereocenters. The van der Waals surface area contributed by atoms with Gasteiger partial charge < -0.3 is 9.47 Å². The Bertz CT molecular complexity index is 181. The molecule has 0 aliphatic carbocycles. The lowest BCUT2D eigenvalue weighted by molar-refractivity contribution is 0.0763. The van der Waals surface area contributed by atoms with E-state index in [0.717, 1.165) is 38.4 Å². The summed E-state index contributed by atoms with van der Waals surface area (Å²) in [6.07, 6.45) is 1.34. The number of hydrogen-bond acceptors (Lipinski definition) is 4. The van der Waals surface area contributed by atoms with Crippen LogP contribution in [0.15, 0.2) is 0 Å². The van der Waals surface area contributed by atoms with Crippen molar-refractivity contribution in [2.24, 2.45) is 0 Å². The molecule has 88 valence electrons. The van der Waals surface area contributed by atoms with Gasteiger partial charge in [0, 0.05) is 52.5 Å². The highest BCUT2D eigenvalue weighted by Gasteiger charge is 2.42. The molecule has 4 heteroatoms. The van der Waals surface area contributed by atoms with Crippen molar-refractivity contribution in [2.75, 3.05) is 53.6 Å². The Morgan fingerprint density at radius 2 is 1.40 bits per heavy atom. The van der Waals surface area contributed by atoms with Gasteiger partial charge >= 0.3 is 0 Å². The summed E-state index contributed by atoms with van der Waals surface area (Å²) in [5.41, 5.74) is 0. The van der Waals surface area contributed by atoms with Crippen LogP contribution in [-0.4, -0.2) is 75.5 Å². The van der Waals surface area contributed by atoms with Crippen molar-refractivity contribution in [1.29, 1.82) is 0 Å². The Hall–Kier alpha value is -0.160. The second kappa shape index (κ2) is 5.25. The monoisotopic (exact) mass is 214 g/mol. The van der Waals surface area contributed by atoms with E-state index in [-0.39, 0.29) is 0 Å². The molecule has 2 aliphatic rings. The van der Waals surface area contributed by atoms with Gasteiger partial charge in [-0.05, 0) is 6.42 Å². The van der Waals surface area contributed by atoms with E-state index >= 15 is 0 Å². The highest BCUT2D eigenvalue weighted by molar-refractivity contribution is 4.99. The molecule has 0 spiro atoms. The molecule has 2 aliphatic heterocycles. The van der Waals surface area contributed by atoms with Crippen LogP contribution in [0.5, 0.6) is 0 Å². The van der Waals surface area contributed by atoms with E-state index in [1.54, 1.807) is 14.2 Å². The minimum atomic E-state index is 0.766. The van der Waals surface area contributed by atoms with Crippen molar-refractivity contribution in [3.63, 3.8) is 0 Å². The molecule has 2 saturated heterocycles. The number of ether oxygens (including phenoxy) is 2. The van der Waals surface area contributed by atoms with Crippen LogP contribution in [0.3, 0.4) is 0 Å². The number of rotatable bonds is 6. The van der Waals surface area contributed by atoms with Gasteiger partial charge in [0.1, 0.15) is 0 Å². The molecule has 2 rings (SSSR count). The Kier molecular flexibility index (Phi) is 3.97. The van der Waals surface area contributed by atoms with E-state index in [1.165, 1.54) is 19.5 Å². The maximum absolute atomic E-state index is 5.13. The molecule has 4 nitrogen and oxygen atoms in total. The van der Waals surface area contributed by atoms with Gasteiger partial charge in [-0.25, -0.2) is 0 Å². The van der Waals surface area contributed by atoms with Gasteiger partial charge in [0.2, 0.25) is 0 Å². The average Bonchev–Trinajstić information content (AvgIpc) is 2.82. The number of likely N-dealkylation sites (tertiary alicyclic amines) is 2. The van der Waals surface area contributed by atoms with Crippen molar-refractivity contribution in [1.82, 2.24) is 9.80 Å². The summed E-state index contributed by atoms with van der Waals surface area (Å²) in [6, 6.07) is 1.53. The maximum atomic E-state index is 5.13. The molecule has 2 bridgehead atoms. The fraction of sp³-hybridized carbons (Fsp3) is 1.00. The largest absolute Gasteiger partial charge is 0.383 e. The van der Waals surface area contributed by atoms with Crippen LogP contribution in [0, 0.1) is 0 Å². The quantitative estimate of drug-likeness (QED) is 0.623. The van der Waals surface area contributed by atoms with E-state index in [4.69, 9.17) is 9.47 Å². The van der Waals surface area contributed by atoms with Crippen molar-refractivity contribution in [3.8, 4) is 0 Å². The molecule has 0 aromatic heterocycles. The van der Waals surface area contributed by atoms with Gasteiger partial charge in [-0.15, -0.1) is 0 Å². The van der Waals surface area contributed by atoms with E-state index < -0.39 is 0 Å². The third kappa shape index (κ3) is 2.50. The first kappa shape index (κ1) is 11.3. The van der Waals surface area contributed by atoms with Crippen LogP contribution in [0.4, 0.5) is 0 Å². The van der Waals surface area contributed by atoms with Crippen LogP contribution >= 0.6 is 0 Å². The van der Waals surface area contributed by atoms with Crippen molar-refractivity contribution in [3.05, 3.63) is 0 Å². The molecular formula is C11H22N2O2. The number of piperazine rings is 1. The molecule has 15 heavy (non-hydrogen) atoms. The van der Waals surface area contributed by atoms with Gasteiger partial charge in [-0.3, -0.25) is 9.80 Å². The van der Waals surface area contributed by atoms with Gasteiger partial charge in [0.25, 0.3) is 0 Å². The van der Waals surface area contributed by atoms with Crippen LogP contribution < -0.4 is 0 Å². The maximum Gasteiger partial charge on any atom is 0.0589 e.